The van der Waals surface area contributed by atoms with Crippen molar-refractivity contribution in [2.45, 2.75) is 44.6 Å². The zero-order valence-corrected chi connectivity index (χ0v) is 9.80. The maximum atomic E-state index is 5.61. The summed E-state index contributed by atoms with van der Waals surface area (Å²) in [5, 5.41) is 0. The molecule has 3 N–H and O–H groups in total. The van der Waals surface area contributed by atoms with E-state index in [1.54, 1.807) is 11.3 Å². The molecule has 1 aliphatic carbocycles. The van der Waals surface area contributed by atoms with Gasteiger partial charge in [-0.2, -0.15) is 0 Å². The molecule has 3 nitrogen and oxygen atoms in total. The predicted molar refractivity (Wildman–Crippen MR) is 63.4 cm³/mol. The summed E-state index contributed by atoms with van der Waals surface area (Å²) in [6.07, 6.45) is 10.0. The number of nitrogens with one attached hydrogen (secondary N) is 1. The number of hydrogen-bond donors (Lipinski definition) is 2. The van der Waals surface area contributed by atoms with Gasteiger partial charge < -0.3 is 0 Å². The van der Waals surface area contributed by atoms with E-state index in [0.717, 1.165) is 5.92 Å². The zero-order valence-electron chi connectivity index (χ0n) is 8.98. The molecule has 1 aromatic heterocycles. The number of thiazole rings is 1. The highest BCUT2D eigenvalue weighted by atomic mass is 32.1. The van der Waals surface area contributed by atoms with E-state index in [9.17, 15) is 0 Å². The first kappa shape index (κ1) is 11.0. The van der Waals surface area contributed by atoms with Crippen molar-refractivity contribution >= 4 is 11.3 Å². The maximum absolute atomic E-state index is 5.61. The molecule has 0 bridgehead atoms. The van der Waals surface area contributed by atoms with Gasteiger partial charge in [-0.15, -0.1) is 11.3 Å². The molecule has 0 amide bonds. The molecule has 84 valence electrons. The number of hydrazine groups is 1. The molecule has 0 aromatic carbocycles. The van der Waals surface area contributed by atoms with Crippen molar-refractivity contribution in [1.82, 2.24) is 10.4 Å². The van der Waals surface area contributed by atoms with Crippen molar-refractivity contribution in [3.8, 4) is 0 Å². The molecule has 1 aliphatic rings. The lowest BCUT2D eigenvalue weighted by molar-refractivity contribution is 0.302. The third-order valence-electron chi connectivity index (χ3n) is 3.29. The largest absolute Gasteiger partial charge is 0.271 e. The van der Waals surface area contributed by atoms with Gasteiger partial charge >= 0.3 is 0 Å². The van der Waals surface area contributed by atoms with Crippen LogP contribution < -0.4 is 11.3 Å². The highest BCUT2D eigenvalue weighted by Gasteiger charge is 2.20. The van der Waals surface area contributed by atoms with E-state index in [1.165, 1.54) is 43.4 Å². The van der Waals surface area contributed by atoms with Crippen LogP contribution in [0.3, 0.4) is 0 Å². The van der Waals surface area contributed by atoms with E-state index in [2.05, 4.69) is 10.4 Å². The Bertz CT molecular complexity index is 267. The summed E-state index contributed by atoms with van der Waals surface area (Å²) in [4.78, 5) is 5.37. The summed E-state index contributed by atoms with van der Waals surface area (Å²) >= 11 is 1.69. The van der Waals surface area contributed by atoms with Gasteiger partial charge in [-0.25, -0.2) is 0 Å². The van der Waals surface area contributed by atoms with Crippen molar-refractivity contribution in [1.29, 1.82) is 0 Å². The smallest absolute Gasteiger partial charge is 0.0794 e. The van der Waals surface area contributed by atoms with Gasteiger partial charge in [0.15, 0.2) is 0 Å². The topological polar surface area (TPSA) is 50.9 Å². The van der Waals surface area contributed by atoms with Crippen LogP contribution in [0.15, 0.2) is 11.7 Å². The average Bonchev–Trinajstić information content (AvgIpc) is 2.81. The second-order valence-electron chi connectivity index (χ2n) is 4.36. The van der Waals surface area contributed by atoms with E-state index in [-0.39, 0.29) is 0 Å². The fourth-order valence-corrected chi connectivity index (χ4v) is 3.11. The van der Waals surface area contributed by atoms with Crippen LogP contribution in [0.5, 0.6) is 0 Å². The molecule has 1 heterocycles. The minimum absolute atomic E-state index is 0.306. The van der Waals surface area contributed by atoms with Crippen molar-refractivity contribution in [3.05, 3.63) is 16.6 Å². The van der Waals surface area contributed by atoms with Gasteiger partial charge in [0.2, 0.25) is 0 Å². The quantitative estimate of drug-likeness (QED) is 0.612. The number of rotatable bonds is 4. The highest BCUT2D eigenvalue weighted by Crippen LogP contribution is 2.32. The van der Waals surface area contributed by atoms with Crippen molar-refractivity contribution in [2.24, 2.45) is 11.8 Å². The molecule has 4 heteroatoms. The Balaban J connectivity index is 1.90. The molecule has 0 saturated heterocycles. The van der Waals surface area contributed by atoms with Gasteiger partial charge in [0, 0.05) is 11.1 Å². The number of nitrogens with zero attached hydrogens (tertiary/aromatic N) is 1. The van der Waals surface area contributed by atoms with Gasteiger partial charge in [0.1, 0.15) is 0 Å². The molecular formula is C11H19N3S. The van der Waals surface area contributed by atoms with Crippen LogP contribution in [0, 0.1) is 5.92 Å². The molecule has 0 radical (unpaired) electrons. The van der Waals surface area contributed by atoms with Crippen LogP contribution in [0.25, 0.3) is 0 Å². The fraction of sp³-hybridized carbons (Fsp3) is 0.727. The second kappa shape index (κ2) is 5.58. The van der Waals surface area contributed by atoms with Gasteiger partial charge in [-0.1, -0.05) is 32.1 Å². The monoisotopic (exact) mass is 225 g/mol. The van der Waals surface area contributed by atoms with Crippen molar-refractivity contribution < 1.29 is 0 Å². The molecule has 1 saturated carbocycles. The molecule has 1 aromatic rings. The molecule has 0 spiro atoms. The number of hydrogen-bond acceptors (Lipinski definition) is 4. The third kappa shape index (κ3) is 3.00. The Morgan fingerprint density at radius 1 is 1.47 bits per heavy atom. The van der Waals surface area contributed by atoms with Crippen LogP contribution in [-0.4, -0.2) is 4.98 Å². The van der Waals surface area contributed by atoms with Crippen molar-refractivity contribution in [3.63, 3.8) is 0 Å². The summed E-state index contributed by atoms with van der Waals surface area (Å²) in [5.41, 5.74) is 4.80. The van der Waals surface area contributed by atoms with E-state index in [1.807, 2.05) is 11.7 Å². The maximum Gasteiger partial charge on any atom is 0.0794 e. The molecule has 15 heavy (non-hydrogen) atoms. The normalized spacial score (nSPS) is 20.3. The first-order valence-corrected chi connectivity index (χ1v) is 6.62. The zero-order chi connectivity index (χ0) is 10.5. The van der Waals surface area contributed by atoms with Crippen molar-refractivity contribution in [2.75, 3.05) is 0 Å². The molecule has 2 rings (SSSR count). The van der Waals surface area contributed by atoms with Gasteiger partial charge in [-0.05, 0) is 12.3 Å². The van der Waals surface area contributed by atoms with E-state index in [0.29, 0.717) is 6.04 Å². The van der Waals surface area contributed by atoms with Gasteiger partial charge in [0.25, 0.3) is 0 Å². The van der Waals surface area contributed by atoms with Crippen LogP contribution in [-0.2, 0) is 0 Å². The summed E-state index contributed by atoms with van der Waals surface area (Å²) in [5.74, 6) is 6.46. The van der Waals surface area contributed by atoms with E-state index in [4.69, 9.17) is 5.84 Å². The first-order valence-electron chi connectivity index (χ1n) is 5.74. The Kier molecular flexibility index (Phi) is 4.11. The van der Waals surface area contributed by atoms with Gasteiger partial charge in [-0.3, -0.25) is 16.3 Å². The first-order chi connectivity index (χ1) is 7.40. The lowest BCUT2D eigenvalue weighted by atomic mass is 9.85. The lowest BCUT2D eigenvalue weighted by Crippen LogP contribution is -2.29. The Morgan fingerprint density at radius 2 is 2.27 bits per heavy atom. The minimum atomic E-state index is 0.306. The Labute approximate surface area is 95.1 Å². The highest BCUT2D eigenvalue weighted by molar-refractivity contribution is 7.09. The lowest BCUT2D eigenvalue weighted by Gasteiger charge is -2.25. The van der Waals surface area contributed by atoms with Crippen LogP contribution >= 0.6 is 11.3 Å². The minimum Gasteiger partial charge on any atom is -0.271 e. The molecule has 1 unspecified atom stereocenters. The Hall–Kier alpha value is -0.450. The van der Waals surface area contributed by atoms with Crippen LogP contribution in [0.1, 0.15) is 49.4 Å². The predicted octanol–water partition coefficient (Wildman–Crippen LogP) is 2.62. The molecule has 1 fully saturated rings. The molecule has 1 atom stereocenters. The van der Waals surface area contributed by atoms with E-state index >= 15 is 0 Å². The summed E-state index contributed by atoms with van der Waals surface area (Å²) in [6, 6.07) is 0.306. The average molecular weight is 225 g/mol. The van der Waals surface area contributed by atoms with E-state index < -0.39 is 0 Å². The SMILES string of the molecule is NNC(CC1CCCCC1)c1cncs1. The third-order valence-corrected chi connectivity index (χ3v) is 4.18. The standard InChI is InChI=1S/C11H19N3S/c12-14-10(11-7-13-8-15-11)6-9-4-2-1-3-5-9/h7-10,14H,1-6,12H2. The summed E-state index contributed by atoms with van der Waals surface area (Å²) in [7, 11) is 0. The number of aromatic nitrogens is 1. The van der Waals surface area contributed by atoms with Gasteiger partial charge in [0.05, 0.1) is 11.6 Å². The molecule has 0 aliphatic heterocycles. The van der Waals surface area contributed by atoms with Crippen LogP contribution in [0.4, 0.5) is 0 Å². The fourth-order valence-electron chi connectivity index (χ4n) is 2.42. The van der Waals surface area contributed by atoms with Crippen LogP contribution in [0.2, 0.25) is 0 Å². The Morgan fingerprint density at radius 3 is 2.87 bits per heavy atom. The summed E-state index contributed by atoms with van der Waals surface area (Å²) in [6.45, 7) is 0. The summed E-state index contributed by atoms with van der Waals surface area (Å²) < 4.78 is 0. The number of nitrogens with two attached hydrogens (primary N) is 1. The second-order valence-corrected chi connectivity index (χ2v) is 5.28. The molecular weight excluding hydrogens is 206 g/mol.